The van der Waals surface area contributed by atoms with Crippen LogP contribution in [0.25, 0.3) is 10.9 Å². The number of hydrogen-bond donors (Lipinski definition) is 2. The third-order valence-electron chi connectivity index (χ3n) is 4.35. The van der Waals surface area contributed by atoms with Crippen molar-refractivity contribution in [2.45, 2.75) is 20.8 Å². The van der Waals surface area contributed by atoms with E-state index in [2.05, 4.69) is 10.3 Å². The molecule has 0 saturated carbocycles. The van der Waals surface area contributed by atoms with Crippen molar-refractivity contribution in [1.29, 1.82) is 0 Å². The van der Waals surface area contributed by atoms with Crippen LogP contribution in [0.4, 0.5) is 11.4 Å². The number of carbonyl (C=O) groups is 1. The predicted molar refractivity (Wildman–Crippen MR) is 104 cm³/mol. The molecule has 5 heteroatoms. The minimum atomic E-state index is -0.161. The molecule has 0 atom stereocenters. The number of benzene rings is 2. The van der Waals surface area contributed by atoms with Crippen LogP contribution in [0.2, 0.25) is 0 Å². The molecule has 5 nitrogen and oxygen atoms in total. The Hall–Kier alpha value is -3.08. The van der Waals surface area contributed by atoms with Crippen molar-refractivity contribution in [2.75, 3.05) is 12.4 Å². The average Bonchev–Trinajstić information content (AvgIpc) is 2.63. The Labute approximate surface area is 152 Å². The van der Waals surface area contributed by atoms with Crippen LogP contribution >= 0.6 is 0 Å². The molecule has 26 heavy (non-hydrogen) atoms. The molecule has 0 amide bonds. The molecule has 2 aromatic carbocycles. The fourth-order valence-electron chi connectivity index (χ4n) is 2.87. The zero-order chi connectivity index (χ0) is 18.8. The highest BCUT2D eigenvalue weighted by molar-refractivity contribution is 6.10. The molecule has 0 radical (unpaired) electrons. The Morgan fingerprint density at radius 3 is 2.69 bits per heavy atom. The first kappa shape index (κ1) is 17.7. The van der Waals surface area contributed by atoms with Gasteiger partial charge < -0.3 is 15.2 Å². The van der Waals surface area contributed by atoms with Crippen molar-refractivity contribution in [3.8, 4) is 11.5 Å². The second kappa shape index (κ2) is 7.04. The third-order valence-corrected chi connectivity index (χ3v) is 4.35. The summed E-state index contributed by atoms with van der Waals surface area (Å²) >= 11 is 0. The zero-order valence-electron chi connectivity index (χ0n) is 15.3. The molecule has 0 bridgehead atoms. The predicted octanol–water partition coefficient (Wildman–Crippen LogP) is 4.84. The summed E-state index contributed by atoms with van der Waals surface area (Å²) in [6, 6.07) is 10.7. The summed E-state index contributed by atoms with van der Waals surface area (Å²) < 4.78 is 5.41. The molecule has 0 aliphatic rings. The van der Waals surface area contributed by atoms with Crippen molar-refractivity contribution in [2.24, 2.45) is 5.92 Å². The number of pyridine rings is 1. The average molecular weight is 350 g/mol. The van der Waals surface area contributed by atoms with Gasteiger partial charge in [0.05, 0.1) is 18.4 Å². The van der Waals surface area contributed by atoms with Gasteiger partial charge in [-0.1, -0.05) is 32.0 Å². The first-order valence-corrected chi connectivity index (χ1v) is 8.49. The topological polar surface area (TPSA) is 71.4 Å². The van der Waals surface area contributed by atoms with Crippen molar-refractivity contribution in [3.05, 3.63) is 53.7 Å². The van der Waals surface area contributed by atoms with E-state index in [0.29, 0.717) is 22.5 Å². The largest absolute Gasteiger partial charge is 0.508 e. The van der Waals surface area contributed by atoms with Crippen LogP contribution in [0.3, 0.4) is 0 Å². The van der Waals surface area contributed by atoms with E-state index < -0.39 is 0 Å². The number of methoxy groups -OCH3 is 1. The van der Waals surface area contributed by atoms with Gasteiger partial charge in [0.25, 0.3) is 0 Å². The molecule has 3 aromatic rings. The first-order valence-electron chi connectivity index (χ1n) is 8.49. The normalized spacial score (nSPS) is 11.0. The molecule has 0 aliphatic heterocycles. The van der Waals surface area contributed by atoms with Crippen molar-refractivity contribution >= 4 is 28.1 Å². The molecule has 0 unspecified atom stereocenters. The number of fused-ring (bicyclic) bond motifs is 1. The number of carbonyl (C=O) groups excluding carboxylic acids is 1. The molecule has 0 spiro atoms. The molecule has 2 N–H and O–H groups in total. The number of anilines is 2. The van der Waals surface area contributed by atoms with Crippen LogP contribution in [0.15, 0.2) is 42.6 Å². The number of ketones is 1. The number of aromatic hydroxyl groups is 1. The third kappa shape index (κ3) is 3.20. The maximum Gasteiger partial charge on any atom is 0.169 e. The first-order chi connectivity index (χ1) is 12.4. The van der Waals surface area contributed by atoms with E-state index in [1.165, 1.54) is 0 Å². The van der Waals surface area contributed by atoms with E-state index in [4.69, 9.17) is 4.74 Å². The number of phenolic OH excluding ortho intramolecular Hbond substituents is 1. The molecular weight excluding hydrogens is 328 g/mol. The summed E-state index contributed by atoms with van der Waals surface area (Å²) in [5.74, 6) is 0.640. The van der Waals surface area contributed by atoms with Gasteiger partial charge >= 0.3 is 0 Å². The fourth-order valence-corrected chi connectivity index (χ4v) is 2.87. The van der Waals surface area contributed by atoms with Crippen LogP contribution in [0, 0.1) is 12.8 Å². The highest BCUT2D eigenvalue weighted by Crippen LogP contribution is 2.35. The molecule has 0 aliphatic carbocycles. The van der Waals surface area contributed by atoms with E-state index >= 15 is 0 Å². The van der Waals surface area contributed by atoms with E-state index in [0.717, 1.165) is 16.6 Å². The summed E-state index contributed by atoms with van der Waals surface area (Å²) in [5, 5.41) is 14.0. The van der Waals surface area contributed by atoms with Gasteiger partial charge in [0.1, 0.15) is 17.0 Å². The summed E-state index contributed by atoms with van der Waals surface area (Å²) in [4.78, 5) is 17.2. The van der Waals surface area contributed by atoms with Gasteiger partial charge in [-0.2, -0.15) is 0 Å². The number of hydrogen-bond acceptors (Lipinski definition) is 5. The lowest BCUT2D eigenvalue weighted by Crippen LogP contribution is -2.11. The van der Waals surface area contributed by atoms with Gasteiger partial charge in [-0.3, -0.25) is 9.78 Å². The Balaban J connectivity index is 2.26. The van der Waals surface area contributed by atoms with Gasteiger partial charge in [0.15, 0.2) is 5.78 Å². The van der Waals surface area contributed by atoms with E-state index in [1.54, 1.807) is 25.4 Å². The molecular formula is C21H22N2O3. The van der Waals surface area contributed by atoms with Crippen LogP contribution in [-0.2, 0) is 0 Å². The summed E-state index contributed by atoms with van der Waals surface area (Å²) in [6.07, 6.45) is 1.59. The molecule has 134 valence electrons. The Morgan fingerprint density at radius 2 is 2.00 bits per heavy atom. The number of nitrogens with one attached hydrogen (secondary N) is 1. The number of Topliss-reactive ketones (excluding diaryl/α,β-unsaturated/α-hetero) is 1. The summed E-state index contributed by atoms with van der Waals surface area (Å²) in [6.45, 7) is 5.67. The van der Waals surface area contributed by atoms with Crippen molar-refractivity contribution < 1.29 is 14.6 Å². The number of aryl methyl sites for hydroxylation is 1. The van der Waals surface area contributed by atoms with Crippen LogP contribution in [0.5, 0.6) is 11.5 Å². The maximum atomic E-state index is 12.7. The smallest absolute Gasteiger partial charge is 0.169 e. The lowest BCUT2D eigenvalue weighted by Gasteiger charge is -2.17. The fraction of sp³-hybridized carbons (Fsp3) is 0.238. The van der Waals surface area contributed by atoms with Crippen molar-refractivity contribution in [1.82, 2.24) is 4.98 Å². The van der Waals surface area contributed by atoms with Gasteiger partial charge in [0, 0.05) is 29.3 Å². The lowest BCUT2D eigenvalue weighted by molar-refractivity contribution is 0.0940. The molecule has 3 rings (SSSR count). The SMILES string of the molecule is COc1cccc2c(Nc3cc(O)ccc3C)c(C(=O)C(C)C)cnc12. The van der Waals surface area contributed by atoms with Gasteiger partial charge in [-0.15, -0.1) is 0 Å². The summed E-state index contributed by atoms with van der Waals surface area (Å²) in [7, 11) is 1.59. The minimum Gasteiger partial charge on any atom is -0.508 e. The zero-order valence-corrected chi connectivity index (χ0v) is 15.3. The molecule has 0 fully saturated rings. The number of rotatable bonds is 5. The molecule has 1 heterocycles. The minimum absolute atomic E-state index is 0.00234. The van der Waals surface area contributed by atoms with Crippen LogP contribution < -0.4 is 10.1 Å². The van der Waals surface area contributed by atoms with Gasteiger partial charge in [-0.25, -0.2) is 0 Å². The monoisotopic (exact) mass is 350 g/mol. The van der Waals surface area contributed by atoms with E-state index in [9.17, 15) is 9.90 Å². The van der Waals surface area contributed by atoms with Gasteiger partial charge in [-0.05, 0) is 24.6 Å². The summed E-state index contributed by atoms with van der Waals surface area (Å²) in [5.41, 5.74) is 3.55. The Kier molecular flexibility index (Phi) is 4.80. The highest BCUT2D eigenvalue weighted by atomic mass is 16.5. The van der Waals surface area contributed by atoms with Crippen LogP contribution in [0.1, 0.15) is 29.8 Å². The lowest BCUT2D eigenvalue weighted by atomic mass is 9.98. The Morgan fingerprint density at radius 1 is 1.23 bits per heavy atom. The maximum absolute atomic E-state index is 12.7. The van der Waals surface area contributed by atoms with E-state index in [1.807, 2.05) is 45.0 Å². The molecule has 1 aromatic heterocycles. The molecule has 0 saturated heterocycles. The number of ether oxygens (including phenoxy) is 1. The Bertz CT molecular complexity index is 980. The number of para-hydroxylation sites is 1. The number of nitrogens with zero attached hydrogens (tertiary/aromatic N) is 1. The quantitative estimate of drug-likeness (QED) is 0.644. The second-order valence-electron chi connectivity index (χ2n) is 6.55. The standard InChI is InChI=1S/C21H22N2O3/c1-12(2)21(25)16-11-22-20-15(6-5-7-18(20)26-4)19(16)23-17-10-14(24)9-8-13(17)3/h5-12,24H,1-4H3,(H,22,23). The number of aromatic nitrogens is 1. The highest BCUT2D eigenvalue weighted by Gasteiger charge is 2.20. The number of phenols is 1. The second-order valence-corrected chi connectivity index (χ2v) is 6.55. The van der Waals surface area contributed by atoms with E-state index in [-0.39, 0.29) is 17.5 Å². The van der Waals surface area contributed by atoms with Gasteiger partial charge in [0.2, 0.25) is 0 Å². The van der Waals surface area contributed by atoms with Crippen molar-refractivity contribution in [3.63, 3.8) is 0 Å². The van der Waals surface area contributed by atoms with Crippen LogP contribution in [-0.4, -0.2) is 23.0 Å².